The van der Waals surface area contributed by atoms with Gasteiger partial charge in [0, 0.05) is 23.5 Å². The van der Waals surface area contributed by atoms with Crippen molar-refractivity contribution in [2.45, 2.75) is 26.3 Å². The second-order valence-electron chi connectivity index (χ2n) is 7.92. The Balaban J connectivity index is 1.65. The Bertz CT molecular complexity index is 974. The molecule has 0 radical (unpaired) electrons. The fraction of sp³-hybridized carbons (Fsp3) is 0.360. The van der Waals surface area contributed by atoms with Crippen molar-refractivity contribution in [1.29, 1.82) is 0 Å². The SMILES string of the molecule is C=C(Nc1cccc(CN2N=C(c3ccccc3CC)CSC2=O)c1)OCCCN(C)C. The zero-order valence-electron chi connectivity index (χ0n) is 19.1. The third kappa shape index (κ3) is 6.87. The number of hydrogen-bond acceptors (Lipinski definition) is 6. The lowest BCUT2D eigenvalue weighted by Crippen LogP contribution is -2.30. The van der Waals surface area contributed by atoms with E-state index in [-0.39, 0.29) is 5.24 Å². The van der Waals surface area contributed by atoms with Crippen LogP contribution in [0.2, 0.25) is 0 Å². The number of amides is 1. The minimum absolute atomic E-state index is 0.0327. The van der Waals surface area contributed by atoms with E-state index in [0.29, 0.717) is 24.8 Å². The highest BCUT2D eigenvalue weighted by atomic mass is 32.2. The van der Waals surface area contributed by atoms with Gasteiger partial charge in [0.2, 0.25) is 0 Å². The van der Waals surface area contributed by atoms with Crippen molar-refractivity contribution in [1.82, 2.24) is 9.91 Å². The Morgan fingerprint density at radius 3 is 2.84 bits per heavy atom. The number of carbonyl (C=O) groups is 1. The van der Waals surface area contributed by atoms with Crippen LogP contribution in [0.25, 0.3) is 0 Å². The topological polar surface area (TPSA) is 57.2 Å². The second-order valence-corrected chi connectivity index (χ2v) is 8.85. The summed E-state index contributed by atoms with van der Waals surface area (Å²) in [6, 6.07) is 16.2. The van der Waals surface area contributed by atoms with Crippen LogP contribution in [-0.2, 0) is 17.7 Å². The van der Waals surface area contributed by atoms with Crippen LogP contribution in [0, 0.1) is 0 Å². The average Bonchev–Trinajstić information content (AvgIpc) is 2.78. The highest BCUT2D eigenvalue weighted by Gasteiger charge is 2.23. The molecule has 0 saturated heterocycles. The van der Waals surface area contributed by atoms with Gasteiger partial charge in [-0.1, -0.05) is 55.1 Å². The molecule has 0 unspecified atom stereocenters. The van der Waals surface area contributed by atoms with E-state index in [1.807, 2.05) is 50.5 Å². The van der Waals surface area contributed by atoms with Gasteiger partial charge in [-0.2, -0.15) is 5.10 Å². The predicted octanol–water partition coefficient (Wildman–Crippen LogP) is 5.17. The van der Waals surface area contributed by atoms with Crippen LogP contribution in [0.15, 0.2) is 66.1 Å². The second kappa shape index (κ2) is 11.7. The van der Waals surface area contributed by atoms with Gasteiger partial charge in [-0.15, -0.1) is 0 Å². The smallest absolute Gasteiger partial charge is 0.302 e. The number of thioether (sulfide) groups is 1. The van der Waals surface area contributed by atoms with E-state index in [1.54, 1.807) is 5.01 Å². The van der Waals surface area contributed by atoms with Crippen molar-refractivity contribution in [3.8, 4) is 0 Å². The summed E-state index contributed by atoms with van der Waals surface area (Å²) in [5.74, 6) is 1.11. The van der Waals surface area contributed by atoms with E-state index >= 15 is 0 Å². The largest absolute Gasteiger partial charge is 0.479 e. The molecule has 2 aromatic rings. The van der Waals surface area contributed by atoms with Gasteiger partial charge in [-0.3, -0.25) is 4.79 Å². The van der Waals surface area contributed by atoms with E-state index in [0.717, 1.165) is 41.9 Å². The molecule has 7 heteroatoms. The van der Waals surface area contributed by atoms with E-state index in [1.165, 1.54) is 17.3 Å². The summed E-state index contributed by atoms with van der Waals surface area (Å²) in [7, 11) is 4.08. The number of hydrogen-bond donors (Lipinski definition) is 1. The van der Waals surface area contributed by atoms with Crippen LogP contribution in [0.4, 0.5) is 10.5 Å². The summed E-state index contributed by atoms with van der Waals surface area (Å²) in [5.41, 5.74) is 5.17. The highest BCUT2D eigenvalue weighted by molar-refractivity contribution is 8.14. The summed E-state index contributed by atoms with van der Waals surface area (Å²) in [6.07, 6.45) is 1.87. The Labute approximate surface area is 195 Å². The summed E-state index contributed by atoms with van der Waals surface area (Å²) in [5, 5.41) is 9.42. The molecule has 6 nitrogen and oxygen atoms in total. The number of aryl methyl sites for hydroxylation is 1. The lowest BCUT2D eigenvalue weighted by atomic mass is 10.0. The van der Waals surface area contributed by atoms with Crippen LogP contribution in [0.5, 0.6) is 0 Å². The maximum Gasteiger partial charge on any atom is 0.302 e. The highest BCUT2D eigenvalue weighted by Crippen LogP contribution is 2.24. The Morgan fingerprint density at radius 2 is 2.06 bits per heavy atom. The molecule has 0 spiro atoms. The van der Waals surface area contributed by atoms with Crippen LogP contribution < -0.4 is 5.32 Å². The monoisotopic (exact) mass is 452 g/mol. The van der Waals surface area contributed by atoms with Crippen molar-refractivity contribution in [2.24, 2.45) is 5.10 Å². The van der Waals surface area contributed by atoms with E-state index in [2.05, 4.69) is 35.9 Å². The lowest BCUT2D eigenvalue weighted by molar-refractivity contribution is 0.202. The normalized spacial score (nSPS) is 13.8. The summed E-state index contributed by atoms with van der Waals surface area (Å²) in [4.78, 5) is 14.6. The van der Waals surface area contributed by atoms with Gasteiger partial charge >= 0.3 is 5.24 Å². The minimum atomic E-state index is -0.0327. The molecule has 2 aromatic carbocycles. The number of nitrogens with zero attached hydrogens (tertiary/aromatic N) is 3. The number of benzene rings is 2. The third-order valence-electron chi connectivity index (χ3n) is 5.06. The molecule has 0 atom stereocenters. The number of carbonyl (C=O) groups excluding carboxylic acids is 1. The summed E-state index contributed by atoms with van der Waals surface area (Å²) < 4.78 is 5.67. The van der Waals surface area contributed by atoms with Crippen LogP contribution in [0.3, 0.4) is 0 Å². The number of anilines is 1. The van der Waals surface area contributed by atoms with Gasteiger partial charge in [0.15, 0.2) is 5.88 Å². The van der Waals surface area contributed by atoms with Gasteiger partial charge in [-0.25, -0.2) is 5.01 Å². The molecule has 0 fully saturated rings. The first kappa shape index (κ1) is 23.9. The molecule has 3 rings (SSSR count). The Hall–Kier alpha value is -2.77. The molecule has 0 aliphatic carbocycles. The molecule has 1 heterocycles. The van der Waals surface area contributed by atoms with Crippen LogP contribution in [0.1, 0.15) is 30.0 Å². The molecule has 170 valence electrons. The van der Waals surface area contributed by atoms with E-state index < -0.39 is 0 Å². The molecule has 0 saturated carbocycles. The predicted molar refractivity (Wildman–Crippen MR) is 134 cm³/mol. The molecule has 1 N–H and O–H groups in total. The van der Waals surface area contributed by atoms with Crippen LogP contribution in [-0.4, -0.2) is 53.9 Å². The molecular formula is C25H32N4O2S. The molecule has 32 heavy (non-hydrogen) atoms. The number of ether oxygens (including phenoxy) is 1. The van der Waals surface area contributed by atoms with Crippen molar-refractivity contribution >= 4 is 28.4 Å². The first-order valence-electron chi connectivity index (χ1n) is 10.9. The molecule has 1 aliphatic heterocycles. The lowest BCUT2D eigenvalue weighted by Gasteiger charge is -2.24. The maximum absolute atomic E-state index is 12.5. The quantitative estimate of drug-likeness (QED) is 0.376. The first-order chi connectivity index (χ1) is 15.5. The molecule has 1 amide bonds. The van der Waals surface area contributed by atoms with Gasteiger partial charge in [0.1, 0.15) is 0 Å². The molecular weight excluding hydrogens is 420 g/mol. The van der Waals surface area contributed by atoms with E-state index in [4.69, 9.17) is 9.84 Å². The van der Waals surface area contributed by atoms with Crippen molar-refractivity contribution in [3.63, 3.8) is 0 Å². The summed E-state index contributed by atoms with van der Waals surface area (Å²) in [6.45, 7) is 8.07. The number of nitrogens with one attached hydrogen (secondary N) is 1. The molecule has 0 bridgehead atoms. The number of rotatable bonds is 11. The fourth-order valence-electron chi connectivity index (χ4n) is 3.46. The van der Waals surface area contributed by atoms with Crippen LogP contribution >= 0.6 is 11.8 Å². The molecule has 1 aliphatic rings. The standard InChI is InChI=1S/C25H32N4O2S/c1-5-21-11-6-7-13-23(21)24-18-32-25(30)29(27-24)17-20-10-8-12-22(16-20)26-19(2)31-15-9-14-28(3)4/h6-8,10-13,16,26H,2,5,9,14-15,17-18H2,1,3-4H3. The van der Waals surface area contributed by atoms with E-state index in [9.17, 15) is 4.79 Å². The Kier molecular flexibility index (Phi) is 8.76. The summed E-state index contributed by atoms with van der Waals surface area (Å²) >= 11 is 1.30. The first-order valence-corrected chi connectivity index (χ1v) is 11.9. The maximum atomic E-state index is 12.5. The zero-order valence-corrected chi connectivity index (χ0v) is 20.0. The Morgan fingerprint density at radius 1 is 1.25 bits per heavy atom. The van der Waals surface area contributed by atoms with Gasteiger partial charge < -0.3 is 15.0 Å². The van der Waals surface area contributed by atoms with Crippen molar-refractivity contribution in [2.75, 3.05) is 38.3 Å². The third-order valence-corrected chi connectivity index (χ3v) is 5.94. The molecule has 0 aromatic heterocycles. The van der Waals surface area contributed by atoms with Crippen molar-refractivity contribution < 1.29 is 9.53 Å². The average molecular weight is 453 g/mol. The van der Waals surface area contributed by atoms with Gasteiger partial charge in [0.25, 0.3) is 0 Å². The number of hydrazone groups is 1. The minimum Gasteiger partial charge on any atom is -0.479 e. The van der Waals surface area contributed by atoms with Gasteiger partial charge in [0.05, 0.1) is 18.9 Å². The fourth-order valence-corrected chi connectivity index (χ4v) is 4.18. The van der Waals surface area contributed by atoms with Crippen molar-refractivity contribution in [3.05, 3.63) is 77.7 Å². The zero-order chi connectivity index (χ0) is 22.9. The van der Waals surface area contributed by atoms with Gasteiger partial charge in [-0.05, 0) is 56.8 Å².